The van der Waals surface area contributed by atoms with Gasteiger partial charge in [-0.05, 0) is 36.9 Å². The van der Waals surface area contributed by atoms with Crippen LogP contribution in [0, 0.1) is 5.92 Å². The number of rotatable bonds is 9. The van der Waals surface area contributed by atoms with Gasteiger partial charge in [0.05, 0.1) is 0 Å². The van der Waals surface area contributed by atoms with Gasteiger partial charge in [0.15, 0.2) is 0 Å². The topological polar surface area (TPSA) is 29.3 Å². The van der Waals surface area contributed by atoms with Gasteiger partial charge in [0.2, 0.25) is 0 Å². The van der Waals surface area contributed by atoms with Crippen LogP contribution < -0.4 is 5.73 Å². The van der Waals surface area contributed by atoms with Crippen LogP contribution in [0.5, 0.6) is 0 Å². The zero-order valence-corrected chi connectivity index (χ0v) is 14.6. The van der Waals surface area contributed by atoms with Gasteiger partial charge in [-0.15, -0.1) is 0 Å². The molecule has 0 saturated heterocycles. The summed E-state index contributed by atoms with van der Waals surface area (Å²) < 4.78 is 0. The maximum atomic E-state index is 6.52. The number of nitrogens with two attached hydrogens (primary N) is 1. The van der Waals surface area contributed by atoms with Crippen molar-refractivity contribution in [3.05, 3.63) is 35.4 Å². The molecule has 2 nitrogen and oxygen atoms in total. The zero-order chi connectivity index (χ0) is 15.8. The highest BCUT2D eigenvalue weighted by Crippen LogP contribution is 2.21. The summed E-state index contributed by atoms with van der Waals surface area (Å²) >= 11 is 0. The van der Waals surface area contributed by atoms with E-state index in [1.165, 1.54) is 24.0 Å². The minimum atomic E-state index is 0.0882. The molecular formula is C19H34N2. The first-order valence-electron chi connectivity index (χ1n) is 8.65. The molecule has 0 spiro atoms. The van der Waals surface area contributed by atoms with E-state index in [0.717, 1.165) is 25.4 Å². The van der Waals surface area contributed by atoms with Gasteiger partial charge in [-0.2, -0.15) is 0 Å². The number of hydrogen-bond acceptors (Lipinski definition) is 2. The molecular weight excluding hydrogens is 256 g/mol. The van der Waals surface area contributed by atoms with Crippen LogP contribution >= 0.6 is 0 Å². The van der Waals surface area contributed by atoms with E-state index in [-0.39, 0.29) is 6.04 Å². The lowest BCUT2D eigenvalue weighted by molar-refractivity contribution is 0.160. The number of aryl methyl sites for hydroxylation is 1. The molecule has 0 heterocycles. The van der Waals surface area contributed by atoms with Crippen molar-refractivity contribution >= 4 is 0 Å². The molecule has 2 heteroatoms. The molecule has 0 radical (unpaired) electrons. The molecule has 0 aliphatic rings. The van der Waals surface area contributed by atoms with Crippen molar-refractivity contribution in [1.82, 2.24) is 4.90 Å². The first kappa shape index (κ1) is 18.2. The van der Waals surface area contributed by atoms with Crippen molar-refractivity contribution in [2.45, 2.75) is 66.0 Å². The largest absolute Gasteiger partial charge is 0.323 e. The Bertz CT molecular complexity index is 381. The number of benzene rings is 1. The smallest absolute Gasteiger partial charge is 0.0450 e. The van der Waals surface area contributed by atoms with Crippen molar-refractivity contribution in [3.8, 4) is 0 Å². The van der Waals surface area contributed by atoms with Crippen molar-refractivity contribution in [1.29, 1.82) is 0 Å². The van der Waals surface area contributed by atoms with Crippen molar-refractivity contribution in [3.63, 3.8) is 0 Å². The summed E-state index contributed by atoms with van der Waals surface area (Å²) in [6.45, 7) is 13.5. The Morgan fingerprint density at radius 1 is 1.00 bits per heavy atom. The Hall–Kier alpha value is -0.860. The first-order chi connectivity index (χ1) is 10.1. The average Bonchev–Trinajstić information content (AvgIpc) is 2.55. The van der Waals surface area contributed by atoms with E-state index in [2.05, 4.69) is 63.8 Å². The van der Waals surface area contributed by atoms with Crippen molar-refractivity contribution in [2.75, 3.05) is 13.1 Å². The van der Waals surface area contributed by atoms with E-state index >= 15 is 0 Å². The summed E-state index contributed by atoms with van der Waals surface area (Å²) in [5.74, 6) is 0.780. The molecule has 0 aromatic heterocycles. The quantitative estimate of drug-likeness (QED) is 0.730. The lowest BCUT2D eigenvalue weighted by Gasteiger charge is -2.34. The van der Waals surface area contributed by atoms with Gasteiger partial charge >= 0.3 is 0 Å². The molecule has 0 fully saturated rings. The van der Waals surface area contributed by atoms with Gasteiger partial charge in [-0.3, -0.25) is 4.90 Å². The molecule has 21 heavy (non-hydrogen) atoms. The summed E-state index contributed by atoms with van der Waals surface area (Å²) in [6.07, 6.45) is 3.58. The van der Waals surface area contributed by atoms with Crippen LogP contribution in [0.15, 0.2) is 24.3 Å². The summed E-state index contributed by atoms with van der Waals surface area (Å²) in [6, 6.07) is 9.28. The fraction of sp³-hybridized carbons (Fsp3) is 0.684. The van der Waals surface area contributed by atoms with E-state index in [0.29, 0.717) is 6.04 Å². The third-order valence-corrected chi connectivity index (χ3v) is 4.92. The maximum Gasteiger partial charge on any atom is 0.0450 e. The Kier molecular flexibility index (Phi) is 7.98. The third kappa shape index (κ3) is 5.12. The maximum absolute atomic E-state index is 6.52. The molecule has 1 rings (SSSR count). The minimum absolute atomic E-state index is 0.0882. The number of hydrogen-bond donors (Lipinski definition) is 1. The third-order valence-electron chi connectivity index (χ3n) is 4.92. The van der Waals surface area contributed by atoms with Crippen LogP contribution in [0.3, 0.4) is 0 Å². The fourth-order valence-electron chi connectivity index (χ4n) is 2.94. The Morgan fingerprint density at radius 2 is 1.57 bits per heavy atom. The van der Waals surface area contributed by atoms with Crippen LogP contribution in [0.2, 0.25) is 0 Å². The average molecular weight is 290 g/mol. The van der Waals surface area contributed by atoms with Crippen LogP contribution in [-0.2, 0) is 6.42 Å². The molecule has 2 atom stereocenters. The highest BCUT2D eigenvalue weighted by Gasteiger charge is 2.22. The summed E-state index contributed by atoms with van der Waals surface area (Å²) in [5, 5.41) is 0. The molecule has 0 aliphatic heterocycles. The minimum Gasteiger partial charge on any atom is -0.323 e. The van der Waals surface area contributed by atoms with E-state index < -0.39 is 0 Å². The SMILES string of the molecule is CCc1ccc(C(N)C(C)N(CC)CC(CC)CC)cc1. The van der Waals surface area contributed by atoms with Crippen LogP contribution in [-0.4, -0.2) is 24.0 Å². The lowest BCUT2D eigenvalue weighted by atomic mass is 9.96. The van der Waals surface area contributed by atoms with E-state index in [4.69, 9.17) is 5.73 Å². The second-order valence-electron chi connectivity index (χ2n) is 6.13. The lowest BCUT2D eigenvalue weighted by Crippen LogP contribution is -2.43. The zero-order valence-electron chi connectivity index (χ0n) is 14.6. The van der Waals surface area contributed by atoms with Crippen LogP contribution in [0.1, 0.15) is 64.6 Å². The fourth-order valence-corrected chi connectivity index (χ4v) is 2.94. The molecule has 2 unspecified atom stereocenters. The van der Waals surface area contributed by atoms with Gasteiger partial charge in [-0.25, -0.2) is 0 Å². The second kappa shape index (κ2) is 9.22. The van der Waals surface area contributed by atoms with E-state index in [9.17, 15) is 0 Å². The van der Waals surface area contributed by atoms with Gasteiger partial charge in [0.1, 0.15) is 0 Å². The number of likely N-dealkylation sites (N-methyl/N-ethyl adjacent to an activating group) is 1. The molecule has 0 bridgehead atoms. The summed E-state index contributed by atoms with van der Waals surface area (Å²) in [5.41, 5.74) is 9.15. The molecule has 0 aliphatic carbocycles. The molecule has 0 amide bonds. The molecule has 1 aromatic rings. The van der Waals surface area contributed by atoms with Gasteiger partial charge < -0.3 is 5.73 Å². The highest BCUT2D eigenvalue weighted by molar-refractivity contribution is 5.25. The van der Waals surface area contributed by atoms with Gasteiger partial charge in [-0.1, -0.05) is 64.8 Å². The van der Waals surface area contributed by atoms with Gasteiger partial charge in [0, 0.05) is 18.6 Å². The Balaban J connectivity index is 2.75. The standard InChI is InChI=1S/C19H34N2/c1-6-16(7-2)14-21(9-4)15(5)19(20)18-12-10-17(8-3)11-13-18/h10-13,15-16,19H,6-9,14,20H2,1-5H3. The molecule has 120 valence electrons. The Labute approximate surface area is 131 Å². The summed E-state index contributed by atoms with van der Waals surface area (Å²) in [4.78, 5) is 2.54. The predicted octanol–water partition coefficient (Wildman–Crippen LogP) is 4.40. The Morgan fingerprint density at radius 3 is 2.00 bits per heavy atom. The number of nitrogens with zero attached hydrogens (tertiary/aromatic N) is 1. The van der Waals surface area contributed by atoms with Crippen molar-refractivity contribution < 1.29 is 0 Å². The predicted molar refractivity (Wildman–Crippen MR) is 93.5 cm³/mol. The molecule has 2 N–H and O–H groups in total. The van der Waals surface area contributed by atoms with E-state index in [1.54, 1.807) is 0 Å². The first-order valence-corrected chi connectivity index (χ1v) is 8.65. The normalized spacial score (nSPS) is 14.7. The second-order valence-corrected chi connectivity index (χ2v) is 6.13. The van der Waals surface area contributed by atoms with Crippen LogP contribution in [0.25, 0.3) is 0 Å². The van der Waals surface area contributed by atoms with Gasteiger partial charge in [0.25, 0.3) is 0 Å². The molecule has 0 saturated carbocycles. The summed E-state index contributed by atoms with van der Waals surface area (Å²) in [7, 11) is 0. The van der Waals surface area contributed by atoms with Crippen molar-refractivity contribution in [2.24, 2.45) is 11.7 Å². The van der Waals surface area contributed by atoms with E-state index in [1.807, 2.05) is 0 Å². The molecule has 1 aromatic carbocycles. The highest BCUT2D eigenvalue weighted by atomic mass is 15.2. The van der Waals surface area contributed by atoms with Crippen LogP contribution in [0.4, 0.5) is 0 Å². The monoisotopic (exact) mass is 290 g/mol.